The number of benzene rings is 1. The minimum atomic E-state index is 0.498. The summed E-state index contributed by atoms with van der Waals surface area (Å²) >= 11 is 1.66. The molecule has 0 radical (unpaired) electrons. The summed E-state index contributed by atoms with van der Waals surface area (Å²) in [7, 11) is 0. The van der Waals surface area contributed by atoms with Gasteiger partial charge in [-0.25, -0.2) is 4.98 Å². The van der Waals surface area contributed by atoms with E-state index in [9.17, 15) is 0 Å². The Labute approximate surface area is 96.9 Å². The Kier molecular flexibility index (Phi) is 3.53. The highest BCUT2D eigenvalue weighted by Gasteiger charge is 1.98. The van der Waals surface area contributed by atoms with E-state index in [0.717, 1.165) is 16.9 Å². The van der Waals surface area contributed by atoms with Gasteiger partial charge in [0.1, 0.15) is 5.01 Å². The largest absolute Gasteiger partial charge is 0.237 e. The van der Waals surface area contributed by atoms with Crippen LogP contribution in [0.4, 0.5) is 0 Å². The molecule has 2 rings (SSSR count). The van der Waals surface area contributed by atoms with Crippen LogP contribution < -0.4 is 0 Å². The molecule has 5 heteroatoms. The maximum atomic E-state index is 8.10. The van der Waals surface area contributed by atoms with Crippen LogP contribution in [-0.4, -0.2) is 11.5 Å². The molecule has 4 nitrogen and oxygen atoms in total. The van der Waals surface area contributed by atoms with Crippen molar-refractivity contribution in [2.75, 3.05) is 6.54 Å². The topological polar surface area (TPSA) is 61.7 Å². The highest BCUT2D eigenvalue weighted by Crippen LogP contribution is 2.22. The third-order valence-electron chi connectivity index (χ3n) is 2.03. The minimum Gasteiger partial charge on any atom is -0.237 e. The number of hydrogen-bond acceptors (Lipinski definition) is 3. The van der Waals surface area contributed by atoms with Gasteiger partial charge in [-0.2, -0.15) is 0 Å². The van der Waals surface area contributed by atoms with E-state index >= 15 is 0 Å². The van der Waals surface area contributed by atoms with E-state index < -0.39 is 0 Å². The van der Waals surface area contributed by atoms with Gasteiger partial charge in [-0.3, -0.25) is 0 Å². The fourth-order valence-corrected chi connectivity index (χ4v) is 2.22. The first kappa shape index (κ1) is 10.7. The molecular formula is C11H10N4S. The fraction of sp³-hybridized carbons (Fsp3) is 0.182. The van der Waals surface area contributed by atoms with Crippen molar-refractivity contribution >= 4 is 27.6 Å². The van der Waals surface area contributed by atoms with Crippen molar-refractivity contribution < 1.29 is 0 Å². The number of hydrogen-bond donors (Lipinski definition) is 0. The number of azide groups is 1. The molecule has 1 heterocycles. The molecule has 1 aromatic heterocycles. The second-order valence-corrected chi connectivity index (χ2v) is 4.23. The average Bonchev–Trinajstić information content (AvgIpc) is 2.71. The van der Waals surface area contributed by atoms with Gasteiger partial charge in [0.15, 0.2) is 0 Å². The third kappa shape index (κ3) is 2.59. The lowest BCUT2D eigenvalue weighted by Gasteiger charge is -1.83. The van der Waals surface area contributed by atoms with Gasteiger partial charge in [-0.1, -0.05) is 23.3 Å². The van der Waals surface area contributed by atoms with Crippen molar-refractivity contribution in [3.05, 3.63) is 45.8 Å². The van der Waals surface area contributed by atoms with Crippen molar-refractivity contribution in [3.63, 3.8) is 0 Å². The molecule has 0 saturated carbocycles. The molecule has 0 spiro atoms. The van der Waals surface area contributed by atoms with Crippen LogP contribution in [0.25, 0.3) is 26.7 Å². The zero-order valence-electron chi connectivity index (χ0n) is 8.58. The molecule has 0 aliphatic heterocycles. The quantitative estimate of drug-likeness (QED) is 0.339. The first-order chi connectivity index (χ1) is 7.90. The van der Waals surface area contributed by atoms with Crippen LogP contribution in [0.1, 0.15) is 11.4 Å². The van der Waals surface area contributed by atoms with Crippen molar-refractivity contribution in [1.29, 1.82) is 0 Å². The lowest BCUT2D eigenvalue weighted by Crippen LogP contribution is -1.73. The van der Waals surface area contributed by atoms with Gasteiger partial charge in [0, 0.05) is 11.5 Å². The van der Waals surface area contributed by atoms with Crippen molar-refractivity contribution in [3.8, 4) is 0 Å². The average molecular weight is 230 g/mol. The highest BCUT2D eigenvalue weighted by atomic mass is 32.1. The number of thiazole rings is 1. The summed E-state index contributed by atoms with van der Waals surface area (Å²) in [6.07, 6.45) is 4.70. The summed E-state index contributed by atoms with van der Waals surface area (Å²) in [6.45, 7) is 0.498. The summed E-state index contributed by atoms with van der Waals surface area (Å²) in [6, 6.07) is 8.06. The summed E-state index contributed by atoms with van der Waals surface area (Å²) in [5.74, 6) is 0. The maximum absolute atomic E-state index is 8.10. The molecule has 16 heavy (non-hydrogen) atoms. The van der Waals surface area contributed by atoms with Crippen LogP contribution in [0.15, 0.2) is 35.5 Å². The van der Waals surface area contributed by atoms with E-state index in [1.807, 2.05) is 30.4 Å². The predicted octanol–water partition coefficient (Wildman–Crippen LogP) is 4.01. The van der Waals surface area contributed by atoms with E-state index in [0.29, 0.717) is 6.54 Å². The van der Waals surface area contributed by atoms with Crippen LogP contribution in [-0.2, 0) is 0 Å². The third-order valence-corrected chi connectivity index (χ3v) is 3.03. The normalized spacial score (nSPS) is 10.8. The van der Waals surface area contributed by atoms with Crippen LogP contribution in [0, 0.1) is 0 Å². The van der Waals surface area contributed by atoms with Crippen LogP contribution in [0.3, 0.4) is 0 Å². The molecule has 0 amide bonds. The SMILES string of the molecule is [N-]=[N+]=NCCC=Cc1nc2ccccc2s1. The summed E-state index contributed by atoms with van der Waals surface area (Å²) in [5, 5.41) is 4.45. The van der Waals surface area contributed by atoms with Gasteiger partial charge in [0.25, 0.3) is 0 Å². The molecular weight excluding hydrogens is 220 g/mol. The van der Waals surface area contributed by atoms with Crippen LogP contribution >= 0.6 is 11.3 Å². The number of para-hydroxylation sites is 1. The Hall–Kier alpha value is -1.84. The first-order valence-electron chi connectivity index (χ1n) is 4.93. The lowest BCUT2D eigenvalue weighted by molar-refractivity contribution is 0.995. The standard InChI is InChI=1S/C11H10N4S/c12-15-13-8-4-3-7-11-14-9-5-1-2-6-10(9)16-11/h1-3,5-7H,4,8H2. The van der Waals surface area contributed by atoms with Gasteiger partial charge >= 0.3 is 0 Å². The Balaban J connectivity index is 2.06. The van der Waals surface area contributed by atoms with E-state index in [1.54, 1.807) is 11.3 Å². The molecule has 0 saturated heterocycles. The Morgan fingerprint density at radius 2 is 2.31 bits per heavy atom. The summed E-state index contributed by atoms with van der Waals surface area (Å²) in [5.41, 5.74) is 9.13. The van der Waals surface area contributed by atoms with Crippen molar-refractivity contribution in [2.45, 2.75) is 6.42 Å². The van der Waals surface area contributed by atoms with Crippen LogP contribution in [0.5, 0.6) is 0 Å². The van der Waals surface area contributed by atoms with Gasteiger partial charge in [0.05, 0.1) is 10.2 Å². The van der Waals surface area contributed by atoms with Crippen LogP contribution in [0.2, 0.25) is 0 Å². The van der Waals surface area contributed by atoms with E-state index in [4.69, 9.17) is 5.53 Å². The van der Waals surface area contributed by atoms with Gasteiger partial charge in [-0.15, -0.1) is 11.3 Å². The molecule has 80 valence electrons. The Bertz CT molecular complexity index is 519. The highest BCUT2D eigenvalue weighted by molar-refractivity contribution is 7.19. The number of fused-ring (bicyclic) bond motifs is 1. The van der Waals surface area contributed by atoms with E-state index in [2.05, 4.69) is 21.1 Å². The van der Waals surface area contributed by atoms with E-state index in [-0.39, 0.29) is 0 Å². The monoisotopic (exact) mass is 230 g/mol. The molecule has 0 aliphatic carbocycles. The summed E-state index contributed by atoms with van der Waals surface area (Å²) in [4.78, 5) is 7.15. The first-order valence-corrected chi connectivity index (χ1v) is 5.75. The zero-order chi connectivity index (χ0) is 11.2. The second-order valence-electron chi connectivity index (χ2n) is 3.17. The Morgan fingerprint density at radius 1 is 1.44 bits per heavy atom. The second kappa shape index (κ2) is 5.30. The number of aromatic nitrogens is 1. The minimum absolute atomic E-state index is 0.498. The lowest BCUT2D eigenvalue weighted by atomic mass is 10.3. The molecule has 0 unspecified atom stereocenters. The molecule has 2 aromatic rings. The molecule has 0 aliphatic rings. The van der Waals surface area contributed by atoms with E-state index in [1.165, 1.54) is 4.70 Å². The maximum Gasteiger partial charge on any atom is 0.117 e. The number of rotatable bonds is 4. The zero-order valence-corrected chi connectivity index (χ0v) is 9.39. The molecule has 0 bridgehead atoms. The molecule has 0 atom stereocenters. The predicted molar refractivity (Wildman–Crippen MR) is 67.3 cm³/mol. The van der Waals surface area contributed by atoms with Crippen molar-refractivity contribution in [2.24, 2.45) is 5.11 Å². The van der Waals surface area contributed by atoms with Crippen molar-refractivity contribution in [1.82, 2.24) is 4.98 Å². The summed E-state index contributed by atoms with van der Waals surface area (Å²) < 4.78 is 1.19. The van der Waals surface area contributed by atoms with Gasteiger partial charge in [0.2, 0.25) is 0 Å². The smallest absolute Gasteiger partial charge is 0.117 e. The van der Waals surface area contributed by atoms with Gasteiger partial charge < -0.3 is 0 Å². The molecule has 1 aromatic carbocycles. The number of nitrogens with zero attached hydrogens (tertiary/aromatic N) is 4. The fourth-order valence-electron chi connectivity index (χ4n) is 1.32. The molecule has 0 N–H and O–H groups in total. The van der Waals surface area contributed by atoms with Gasteiger partial charge in [-0.05, 0) is 30.2 Å². The Morgan fingerprint density at radius 3 is 3.12 bits per heavy atom. The molecule has 0 fully saturated rings.